The van der Waals surface area contributed by atoms with Crippen molar-refractivity contribution in [3.8, 4) is 17.3 Å². The second kappa shape index (κ2) is 8.96. The minimum atomic E-state index is -0.611. The quantitative estimate of drug-likeness (QED) is 0.436. The van der Waals surface area contributed by atoms with Gasteiger partial charge in [0, 0.05) is 18.3 Å². The van der Waals surface area contributed by atoms with Crippen molar-refractivity contribution >= 4 is 5.91 Å². The lowest BCUT2D eigenvalue weighted by Crippen LogP contribution is -2.36. The van der Waals surface area contributed by atoms with Crippen molar-refractivity contribution in [2.75, 3.05) is 6.54 Å². The summed E-state index contributed by atoms with van der Waals surface area (Å²) in [6.45, 7) is 3.82. The van der Waals surface area contributed by atoms with Gasteiger partial charge in [0.2, 0.25) is 11.3 Å². The number of aryl methyl sites for hydroxylation is 1. The molecule has 0 atom stereocenters. The summed E-state index contributed by atoms with van der Waals surface area (Å²) < 4.78 is 26.4. The third kappa shape index (κ3) is 4.20. The fourth-order valence-corrected chi connectivity index (χ4v) is 3.22. The van der Waals surface area contributed by atoms with Gasteiger partial charge in [-0.05, 0) is 37.6 Å². The lowest BCUT2D eigenvalue weighted by Gasteiger charge is -2.20. The van der Waals surface area contributed by atoms with Gasteiger partial charge in [0.05, 0.1) is 12.8 Å². The predicted molar refractivity (Wildman–Crippen MR) is 112 cm³/mol. The SMILES string of the molecule is CCCN(Cc1nnc(-c2ccco2)o1)C(=O)c1nn(-c2ccccc2F)c(C)cc1=O. The lowest BCUT2D eigenvalue weighted by molar-refractivity contribution is 0.0719. The van der Waals surface area contributed by atoms with Crippen LogP contribution in [0.25, 0.3) is 17.3 Å². The van der Waals surface area contributed by atoms with Crippen LogP contribution < -0.4 is 5.43 Å². The summed E-state index contributed by atoms with van der Waals surface area (Å²) in [6, 6.07) is 10.6. The highest BCUT2D eigenvalue weighted by atomic mass is 19.1. The van der Waals surface area contributed by atoms with Gasteiger partial charge < -0.3 is 13.7 Å². The Labute approximate surface area is 182 Å². The molecule has 0 spiro atoms. The van der Waals surface area contributed by atoms with Crippen LogP contribution in [0.1, 0.15) is 35.4 Å². The number of carbonyl (C=O) groups excluding carboxylic acids is 1. The van der Waals surface area contributed by atoms with E-state index in [0.29, 0.717) is 24.4 Å². The summed E-state index contributed by atoms with van der Waals surface area (Å²) in [4.78, 5) is 27.2. The van der Waals surface area contributed by atoms with E-state index in [1.807, 2.05) is 6.92 Å². The Bertz CT molecular complexity index is 1300. The maximum absolute atomic E-state index is 14.3. The van der Waals surface area contributed by atoms with Crippen LogP contribution >= 0.6 is 0 Å². The molecule has 0 radical (unpaired) electrons. The van der Waals surface area contributed by atoms with Gasteiger partial charge in [0.25, 0.3) is 11.8 Å². The van der Waals surface area contributed by atoms with Crippen molar-refractivity contribution in [1.29, 1.82) is 0 Å². The number of hydrogen-bond donors (Lipinski definition) is 0. The van der Waals surface area contributed by atoms with E-state index in [0.717, 1.165) is 0 Å². The number of aromatic nitrogens is 4. The number of halogens is 1. The van der Waals surface area contributed by atoms with Gasteiger partial charge in [-0.25, -0.2) is 9.07 Å². The van der Waals surface area contributed by atoms with E-state index in [-0.39, 0.29) is 29.7 Å². The van der Waals surface area contributed by atoms with Crippen LogP contribution in [0, 0.1) is 12.7 Å². The first kappa shape index (κ1) is 21.2. The highest BCUT2D eigenvalue weighted by Crippen LogP contribution is 2.19. The first-order chi connectivity index (χ1) is 15.5. The first-order valence-electron chi connectivity index (χ1n) is 9.99. The van der Waals surface area contributed by atoms with Crippen LogP contribution in [0.2, 0.25) is 0 Å². The average molecular weight is 437 g/mol. The van der Waals surface area contributed by atoms with Crippen molar-refractivity contribution in [3.63, 3.8) is 0 Å². The molecule has 0 aliphatic rings. The normalized spacial score (nSPS) is 11.0. The van der Waals surface area contributed by atoms with Crippen LogP contribution in [0.15, 0.2) is 62.4 Å². The Kier molecular flexibility index (Phi) is 5.93. The van der Waals surface area contributed by atoms with Crippen molar-refractivity contribution in [3.05, 3.63) is 82.0 Å². The van der Waals surface area contributed by atoms with Crippen molar-refractivity contribution in [2.45, 2.75) is 26.8 Å². The molecule has 3 heterocycles. The van der Waals surface area contributed by atoms with E-state index in [1.54, 1.807) is 31.2 Å². The number of rotatable bonds is 7. The van der Waals surface area contributed by atoms with Crippen LogP contribution in [0.5, 0.6) is 0 Å². The molecule has 0 N–H and O–H groups in total. The van der Waals surface area contributed by atoms with Crippen LogP contribution in [0.4, 0.5) is 4.39 Å². The van der Waals surface area contributed by atoms with Crippen LogP contribution in [-0.4, -0.2) is 37.3 Å². The molecular weight excluding hydrogens is 417 g/mol. The number of carbonyl (C=O) groups is 1. The van der Waals surface area contributed by atoms with E-state index >= 15 is 0 Å². The molecule has 32 heavy (non-hydrogen) atoms. The molecule has 164 valence electrons. The second-order valence-electron chi connectivity index (χ2n) is 7.07. The molecule has 10 heteroatoms. The number of para-hydroxylation sites is 1. The lowest BCUT2D eigenvalue weighted by atomic mass is 10.2. The van der Waals surface area contributed by atoms with Crippen molar-refractivity contribution in [1.82, 2.24) is 24.9 Å². The van der Waals surface area contributed by atoms with E-state index in [2.05, 4.69) is 15.3 Å². The van der Waals surface area contributed by atoms with E-state index in [9.17, 15) is 14.0 Å². The first-order valence-corrected chi connectivity index (χ1v) is 9.99. The van der Waals surface area contributed by atoms with Crippen LogP contribution in [-0.2, 0) is 6.54 Å². The van der Waals surface area contributed by atoms with Gasteiger partial charge >= 0.3 is 0 Å². The molecule has 0 aliphatic carbocycles. The summed E-state index contributed by atoms with van der Waals surface area (Å²) in [7, 11) is 0. The Morgan fingerprint density at radius 3 is 2.72 bits per heavy atom. The van der Waals surface area contributed by atoms with Gasteiger partial charge in [-0.2, -0.15) is 5.10 Å². The number of furan rings is 1. The molecule has 1 aromatic carbocycles. The van der Waals surface area contributed by atoms with Crippen molar-refractivity contribution in [2.24, 2.45) is 0 Å². The van der Waals surface area contributed by atoms with Gasteiger partial charge in [-0.15, -0.1) is 10.2 Å². The van der Waals surface area contributed by atoms with Gasteiger partial charge in [-0.3, -0.25) is 9.59 Å². The molecule has 0 fully saturated rings. The number of nitrogens with zero attached hydrogens (tertiary/aromatic N) is 5. The molecule has 4 rings (SSSR count). The molecule has 3 aromatic heterocycles. The smallest absolute Gasteiger partial charge is 0.283 e. The zero-order valence-electron chi connectivity index (χ0n) is 17.5. The highest BCUT2D eigenvalue weighted by molar-refractivity contribution is 5.92. The average Bonchev–Trinajstić information content (AvgIpc) is 3.46. The predicted octanol–water partition coefficient (Wildman–Crippen LogP) is 3.38. The topological polar surface area (TPSA) is 107 Å². The number of hydrogen-bond acceptors (Lipinski definition) is 7. The molecule has 1 amide bonds. The third-order valence-corrected chi connectivity index (χ3v) is 4.70. The molecule has 0 saturated carbocycles. The van der Waals surface area contributed by atoms with E-state index in [1.165, 1.54) is 34.0 Å². The summed E-state index contributed by atoms with van der Waals surface area (Å²) in [5.74, 6) is -0.360. The molecule has 0 aliphatic heterocycles. The van der Waals surface area contributed by atoms with E-state index in [4.69, 9.17) is 8.83 Å². The zero-order chi connectivity index (χ0) is 22.7. The fraction of sp³-hybridized carbons (Fsp3) is 0.227. The maximum atomic E-state index is 14.3. The minimum Gasteiger partial charge on any atom is -0.459 e. The monoisotopic (exact) mass is 437 g/mol. The second-order valence-corrected chi connectivity index (χ2v) is 7.07. The number of amides is 1. The molecule has 0 bridgehead atoms. The van der Waals surface area contributed by atoms with Gasteiger partial charge in [0.1, 0.15) is 11.5 Å². The van der Waals surface area contributed by atoms with Gasteiger partial charge in [-0.1, -0.05) is 19.1 Å². The summed E-state index contributed by atoms with van der Waals surface area (Å²) in [6.07, 6.45) is 2.11. The Balaban J connectivity index is 1.66. The van der Waals surface area contributed by atoms with Crippen molar-refractivity contribution < 1.29 is 18.0 Å². The molecule has 0 saturated heterocycles. The molecule has 9 nitrogen and oxygen atoms in total. The molecular formula is C22H20FN5O4. The Hall–Kier alpha value is -4.08. The highest BCUT2D eigenvalue weighted by Gasteiger charge is 2.24. The summed E-state index contributed by atoms with van der Waals surface area (Å²) >= 11 is 0. The molecule has 0 unspecified atom stereocenters. The largest absolute Gasteiger partial charge is 0.459 e. The summed E-state index contributed by atoms with van der Waals surface area (Å²) in [5.41, 5.74) is -0.333. The minimum absolute atomic E-state index is 0.0188. The fourth-order valence-electron chi connectivity index (χ4n) is 3.22. The van der Waals surface area contributed by atoms with Crippen LogP contribution in [0.3, 0.4) is 0 Å². The molecule has 4 aromatic rings. The standard InChI is InChI=1S/C22H20FN5O4/c1-3-10-27(13-19-24-25-21(32-19)18-9-6-11-31-18)22(30)20-17(29)12-14(2)28(26-20)16-8-5-4-7-15(16)23/h4-9,11-12H,3,10,13H2,1-2H3. The summed E-state index contributed by atoms with van der Waals surface area (Å²) in [5, 5.41) is 12.1. The third-order valence-electron chi connectivity index (χ3n) is 4.70. The van der Waals surface area contributed by atoms with E-state index < -0.39 is 17.2 Å². The Morgan fingerprint density at radius 1 is 1.19 bits per heavy atom. The zero-order valence-corrected chi connectivity index (χ0v) is 17.5. The Morgan fingerprint density at radius 2 is 2.00 bits per heavy atom. The maximum Gasteiger partial charge on any atom is 0.283 e. The number of benzene rings is 1. The van der Waals surface area contributed by atoms with Gasteiger partial charge in [0.15, 0.2) is 11.5 Å².